The number of fused-ring (bicyclic) bond motifs is 1. The van der Waals surface area contributed by atoms with Gasteiger partial charge < -0.3 is 9.42 Å². The fourth-order valence-corrected chi connectivity index (χ4v) is 3.19. The van der Waals surface area contributed by atoms with Crippen LogP contribution in [0.1, 0.15) is 33.5 Å². The van der Waals surface area contributed by atoms with Gasteiger partial charge in [0.25, 0.3) is 11.6 Å². The van der Waals surface area contributed by atoms with Gasteiger partial charge in [0, 0.05) is 17.1 Å². The maximum absolute atomic E-state index is 13.0. The number of aromatic nitrogens is 2. The monoisotopic (exact) mass is 315 g/mol. The van der Waals surface area contributed by atoms with Gasteiger partial charge in [-0.25, -0.2) is 4.98 Å². The normalized spacial score (nSPS) is 11.0. The fraction of sp³-hybridized carbons (Fsp3) is 0.312. The third-order valence-electron chi connectivity index (χ3n) is 3.57. The number of hydrogen-bond donors (Lipinski definition) is 0. The molecule has 0 unspecified atom stereocenters. The van der Waals surface area contributed by atoms with E-state index in [1.165, 1.54) is 4.88 Å². The number of rotatable bonds is 4. The predicted octanol–water partition coefficient (Wildman–Crippen LogP) is 3.56. The van der Waals surface area contributed by atoms with Crippen LogP contribution in [0, 0.1) is 13.8 Å². The Morgan fingerprint density at radius 2 is 2.23 bits per heavy atom. The maximum Gasteiger partial charge on any atom is 0.258 e. The Hall–Kier alpha value is -2.21. The van der Waals surface area contributed by atoms with Crippen molar-refractivity contribution in [3.8, 4) is 0 Å². The lowest BCUT2D eigenvalue weighted by Crippen LogP contribution is -2.30. The molecule has 3 rings (SSSR count). The summed E-state index contributed by atoms with van der Waals surface area (Å²) in [5, 5.41) is 6.66. The number of thiophene rings is 1. The van der Waals surface area contributed by atoms with E-state index in [2.05, 4.69) is 10.1 Å². The first-order chi connectivity index (χ1) is 10.6. The van der Waals surface area contributed by atoms with Crippen LogP contribution in [0.15, 0.2) is 28.1 Å². The van der Waals surface area contributed by atoms with Gasteiger partial charge in [-0.05, 0) is 38.3 Å². The molecule has 0 saturated carbocycles. The highest BCUT2D eigenvalue weighted by Crippen LogP contribution is 2.24. The van der Waals surface area contributed by atoms with Crippen molar-refractivity contribution in [2.45, 2.75) is 27.3 Å². The van der Waals surface area contributed by atoms with Crippen molar-refractivity contribution >= 4 is 28.3 Å². The summed E-state index contributed by atoms with van der Waals surface area (Å²) in [7, 11) is 0. The first kappa shape index (κ1) is 14.7. The van der Waals surface area contributed by atoms with E-state index in [1.54, 1.807) is 11.3 Å². The molecule has 114 valence electrons. The van der Waals surface area contributed by atoms with Gasteiger partial charge in [-0.15, -0.1) is 11.3 Å². The highest BCUT2D eigenvalue weighted by Gasteiger charge is 2.22. The van der Waals surface area contributed by atoms with Crippen molar-refractivity contribution in [3.05, 3.63) is 45.4 Å². The van der Waals surface area contributed by atoms with Crippen LogP contribution in [0.2, 0.25) is 0 Å². The topological polar surface area (TPSA) is 59.2 Å². The summed E-state index contributed by atoms with van der Waals surface area (Å²) in [5.74, 6) is -0.0160. The number of hydrogen-bond acceptors (Lipinski definition) is 5. The second kappa shape index (κ2) is 5.88. The lowest BCUT2D eigenvalue weighted by atomic mass is 10.1. The minimum atomic E-state index is -0.0160. The molecule has 1 amide bonds. The van der Waals surface area contributed by atoms with E-state index in [-0.39, 0.29) is 5.91 Å². The van der Waals surface area contributed by atoms with Crippen LogP contribution in [0.25, 0.3) is 11.1 Å². The van der Waals surface area contributed by atoms with Gasteiger partial charge in [0.05, 0.1) is 23.2 Å². The Morgan fingerprint density at radius 1 is 1.41 bits per heavy atom. The molecular formula is C16H17N3O2S. The minimum Gasteiger partial charge on any atom is -0.336 e. The van der Waals surface area contributed by atoms with Crippen molar-refractivity contribution in [2.75, 3.05) is 6.54 Å². The SMILES string of the molecule is CCN(Cc1cccs1)C(=O)c1cc(C)nc2onc(C)c12. The third-order valence-corrected chi connectivity index (χ3v) is 4.43. The summed E-state index contributed by atoms with van der Waals surface area (Å²) in [4.78, 5) is 20.2. The molecule has 0 radical (unpaired) electrons. The van der Waals surface area contributed by atoms with E-state index in [4.69, 9.17) is 4.52 Å². The van der Waals surface area contributed by atoms with Gasteiger partial charge in [-0.1, -0.05) is 11.2 Å². The molecule has 3 aromatic rings. The molecule has 5 nitrogen and oxygen atoms in total. The summed E-state index contributed by atoms with van der Waals surface area (Å²) >= 11 is 1.65. The summed E-state index contributed by atoms with van der Waals surface area (Å²) in [6, 6.07) is 5.85. The van der Waals surface area contributed by atoms with Crippen molar-refractivity contribution in [1.29, 1.82) is 0 Å². The minimum absolute atomic E-state index is 0.0160. The van der Waals surface area contributed by atoms with Crippen LogP contribution in [0.5, 0.6) is 0 Å². The van der Waals surface area contributed by atoms with E-state index in [0.29, 0.717) is 35.4 Å². The summed E-state index contributed by atoms with van der Waals surface area (Å²) in [6.45, 7) is 6.92. The lowest BCUT2D eigenvalue weighted by molar-refractivity contribution is 0.0756. The molecule has 0 aliphatic rings. The Labute approximate surface area is 132 Å². The third kappa shape index (κ3) is 2.62. The van der Waals surface area contributed by atoms with Crippen LogP contribution in [-0.4, -0.2) is 27.5 Å². The summed E-state index contributed by atoms with van der Waals surface area (Å²) in [6.07, 6.45) is 0. The lowest BCUT2D eigenvalue weighted by Gasteiger charge is -2.20. The number of nitrogens with zero attached hydrogens (tertiary/aromatic N) is 3. The quantitative estimate of drug-likeness (QED) is 0.738. The number of aryl methyl sites for hydroxylation is 2. The Bertz CT molecular complexity index is 808. The molecule has 22 heavy (non-hydrogen) atoms. The molecule has 3 heterocycles. The van der Waals surface area contributed by atoms with E-state index >= 15 is 0 Å². The number of carbonyl (C=O) groups is 1. The number of pyridine rings is 1. The smallest absolute Gasteiger partial charge is 0.258 e. The number of amides is 1. The predicted molar refractivity (Wildman–Crippen MR) is 86.0 cm³/mol. The van der Waals surface area contributed by atoms with Crippen LogP contribution >= 0.6 is 11.3 Å². The zero-order valence-electron chi connectivity index (χ0n) is 12.8. The standard InChI is InChI=1S/C16H17N3O2S/c1-4-19(9-12-6-5-7-22-12)16(20)13-8-10(2)17-15-14(13)11(3)18-21-15/h5-8H,4,9H2,1-3H3. The van der Waals surface area contributed by atoms with Crippen LogP contribution in [0.3, 0.4) is 0 Å². The van der Waals surface area contributed by atoms with Crippen LogP contribution < -0.4 is 0 Å². The van der Waals surface area contributed by atoms with E-state index in [0.717, 1.165) is 5.69 Å². The van der Waals surface area contributed by atoms with Crippen molar-refractivity contribution in [1.82, 2.24) is 15.0 Å². The van der Waals surface area contributed by atoms with Gasteiger partial charge in [-0.2, -0.15) is 0 Å². The largest absolute Gasteiger partial charge is 0.336 e. The highest BCUT2D eigenvalue weighted by atomic mass is 32.1. The van der Waals surface area contributed by atoms with Crippen LogP contribution in [-0.2, 0) is 6.54 Å². The van der Waals surface area contributed by atoms with Crippen molar-refractivity contribution < 1.29 is 9.32 Å². The second-order valence-corrected chi connectivity index (χ2v) is 6.19. The molecule has 6 heteroatoms. The van der Waals surface area contributed by atoms with Crippen LogP contribution in [0.4, 0.5) is 0 Å². The molecule has 0 spiro atoms. The fourth-order valence-electron chi connectivity index (χ4n) is 2.47. The zero-order chi connectivity index (χ0) is 15.7. The van der Waals surface area contributed by atoms with Gasteiger partial charge >= 0.3 is 0 Å². The highest BCUT2D eigenvalue weighted by molar-refractivity contribution is 7.09. The Kier molecular flexibility index (Phi) is 3.94. The van der Waals surface area contributed by atoms with E-state index in [9.17, 15) is 4.79 Å². The van der Waals surface area contributed by atoms with Gasteiger partial charge in [0.2, 0.25) is 0 Å². The first-order valence-corrected chi connectivity index (χ1v) is 8.03. The molecule has 0 atom stereocenters. The first-order valence-electron chi connectivity index (χ1n) is 7.15. The molecule has 0 saturated heterocycles. The molecule has 0 bridgehead atoms. The molecule has 3 aromatic heterocycles. The molecule has 0 aliphatic carbocycles. The second-order valence-electron chi connectivity index (χ2n) is 5.16. The van der Waals surface area contributed by atoms with E-state index < -0.39 is 0 Å². The maximum atomic E-state index is 13.0. The molecule has 0 aliphatic heterocycles. The molecular weight excluding hydrogens is 298 g/mol. The van der Waals surface area contributed by atoms with E-state index in [1.807, 2.05) is 49.3 Å². The number of carbonyl (C=O) groups excluding carboxylic acids is 1. The molecule has 0 N–H and O–H groups in total. The molecule has 0 aromatic carbocycles. The zero-order valence-corrected chi connectivity index (χ0v) is 13.6. The Balaban J connectivity index is 2.01. The van der Waals surface area contributed by atoms with Crippen molar-refractivity contribution in [2.24, 2.45) is 0 Å². The average Bonchev–Trinajstić information content (AvgIpc) is 3.13. The summed E-state index contributed by atoms with van der Waals surface area (Å²) in [5.41, 5.74) is 2.48. The average molecular weight is 315 g/mol. The molecule has 0 fully saturated rings. The Morgan fingerprint density at radius 3 is 2.91 bits per heavy atom. The van der Waals surface area contributed by atoms with Gasteiger partial charge in [-0.3, -0.25) is 4.79 Å². The van der Waals surface area contributed by atoms with Crippen molar-refractivity contribution in [3.63, 3.8) is 0 Å². The summed E-state index contributed by atoms with van der Waals surface area (Å²) < 4.78 is 5.21. The van der Waals surface area contributed by atoms with Gasteiger partial charge in [0.15, 0.2) is 0 Å². The van der Waals surface area contributed by atoms with Gasteiger partial charge in [0.1, 0.15) is 0 Å².